The lowest BCUT2D eigenvalue weighted by atomic mass is 10.2. The van der Waals surface area contributed by atoms with E-state index >= 15 is 0 Å². The van der Waals surface area contributed by atoms with E-state index in [2.05, 4.69) is 39.2 Å². The van der Waals surface area contributed by atoms with Crippen LogP contribution < -0.4 is 10.1 Å². The molecule has 1 amide bonds. The number of nitrogens with one attached hydrogen (secondary N) is 1. The number of hydrogen-bond donors (Lipinski definition) is 2. The van der Waals surface area contributed by atoms with E-state index < -0.39 is 13.8 Å². The maximum Gasteiger partial charge on any atom is 0.261 e. The fraction of sp³-hybridized carbons (Fsp3) is 0.533. The van der Waals surface area contributed by atoms with Crippen LogP contribution in [0, 0.1) is 0 Å². The molecule has 1 atom stereocenters. The van der Waals surface area contributed by atoms with Gasteiger partial charge in [-0.25, -0.2) is 0 Å². The zero-order valence-electron chi connectivity index (χ0n) is 12.8. The normalized spacial score (nSPS) is 19.1. The fourth-order valence-corrected chi connectivity index (χ4v) is 4.06. The first-order valence-corrected chi connectivity index (χ1v) is 9.96. The van der Waals surface area contributed by atoms with Gasteiger partial charge in [-0.15, -0.1) is 0 Å². The lowest BCUT2D eigenvalue weighted by Gasteiger charge is -2.43. The highest BCUT2D eigenvalue weighted by Crippen LogP contribution is 2.42. The van der Waals surface area contributed by atoms with E-state index in [0.29, 0.717) is 11.4 Å². The van der Waals surface area contributed by atoms with Crippen LogP contribution in [0.2, 0.25) is 18.1 Å². The van der Waals surface area contributed by atoms with Crippen molar-refractivity contribution in [2.75, 3.05) is 5.32 Å². The molecule has 0 fully saturated rings. The summed E-state index contributed by atoms with van der Waals surface area (Å²) < 4.78 is 6.00. The van der Waals surface area contributed by atoms with Crippen LogP contribution in [0.25, 0.3) is 0 Å². The molecular formula is C15H23NO3Si. The molecule has 0 saturated heterocycles. The van der Waals surface area contributed by atoms with Crippen LogP contribution >= 0.6 is 0 Å². The monoisotopic (exact) mass is 293 g/mol. The standard InChI is InChI=1S/C15H23NO3Si/c1-15(2,3)20(4,5)14-13(18)16-11-8-10(9-17)6-7-12(11)19-14/h6-8,14,17H,9H2,1-5H3,(H,16,18). The molecule has 0 radical (unpaired) electrons. The molecule has 1 aliphatic rings. The molecule has 1 aromatic rings. The van der Waals surface area contributed by atoms with E-state index in [9.17, 15) is 4.79 Å². The molecule has 20 heavy (non-hydrogen) atoms. The summed E-state index contributed by atoms with van der Waals surface area (Å²) in [6.45, 7) is 10.8. The molecule has 1 unspecified atom stereocenters. The quantitative estimate of drug-likeness (QED) is 0.824. The Labute approximate surface area is 121 Å². The molecule has 1 aromatic carbocycles. The Bertz CT molecular complexity index is 534. The molecular weight excluding hydrogens is 270 g/mol. The summed E-state index contributed by atoms with van der Waals surface area (Å²) in [5.74, 6) is 0.621. The zero-order valence-corrected chi connectivity index (χ0v) is 13.8. The summed E-state index contributed by atoms with van der Waals surface area (Å²) in [4.78, 5) is 12.4. The first kappa shape index (κ1) is 15.1. The first-order valence-electron chi connectivity index (χ1n) is 6.88. The Morgan fingerprint density at radius 2 is 2.00 bits per heavy atom. The number of hydrogen-bond acceptors (Lipinski definition) is 3. The maximum atomic E-state index is 12.4. The minimum absolute atomic E-state index is 0.0468. The van der Waals surface area contributed by atoms with E-state index in [0.717, 1.165) is 5.56 Å². The van der Waals surface area contributed by atoms with Gasteiger partial charge in [0.15, 0.2) is 5.73 Å². The van der Waals surface area contributed by atoms with Gasteiger partial charge in [0.1, 0.15) is 13.8 Å². The molecule has 0 spiro atoms. The van der Waals surface area contributed by atoms with Gasteiger partial charge in [0.2, 0.25) is 0 Å². The first-order chi connectivity index (χ1) is 9.16. The molecule has 110 valence electrons. The van der Waals surface area contributed by atoms with Crippen molar-refractivity contribution in [1.29, 1.82) is 0 Å². The lowest BCUT2D eigenvalue weighted by Crippen LogP contribution is -2.59. The third kappa shape index (κ3) is 2.47. The van der Waals surface area contributed by atoms with E-state index in [1.807, 2.05) is 12.1 Å². The highest BCUT2D eigenvalue weighted by atomic mass is 28.3. The summed E-state index contributed by atoms with van der Waals surface area (Å²) in [5, 5.41) is 12.1. The van der Waals surface area contributed by atoms with Crippen molar-refractivity contribution in [2.24, 2.45) is 0 Å². The molecule has 4 nitrogen and oxygen atoms in total. The van der Waals surface area contributed by atoms with E-state index in [1.165, 1.54) is 0 Å². The number of carbonyl (C=O) groups is 1. The number of aliphatic hydroxyl groups is 1. The second-order valence-electron chi connectivity index (χ2n) is 6.95. The molecule has 2 N–H and O–H groups in total. The predicted molar refractivity (Wildman–Crippen MR) is 82.6 cm³/mol. The second-order valence-corrected chi connectivity index (χ2v) is 12.4. The Kier molecular flexibility index (Phi) is 3.69. The number of ether oxygens (including phenoxy) is 1. The lowest BCUT2D eigenvalue weighted by molar-refractivity contribution is -0.120. The van der Waals surface area contributed by atoms with Crippen molar-refractivity contribution in [3.8, 4) is 5.75 Å². The van der Waals surface area contributed by atoms with E-state index in [1.54, 1.807) is 6.07 Å². The zero-order chi connectivity index (χ0) is 15.1. The fourth-order valence-electron chi connectivity index (χ4n) is 2.12. The summed E-state index contributed by atoms with van der Waals surface area (Å²) >= 11 is 0. The average Bonchev–Trinajstić information content (AvgIpc) is 2.35. The van der Waals surface area contributed by atoms with Crippen LogP contribution in [0.5, 0.6) is 5.75 Å². The van der Waals surface area contributed by atoms with Gasteiger partial charge < -0.3 is 15.2 Å². The topological polar surface area (TPSA) is 58.6 Å². The van der Waals surface area contributed by atoms with Gasteiger partial charge in [0, 0.05) is 0 Å². The number of amides is 1. The molecule has 2 rings (SSSR count). The molecule has 0 aliphatic carbocycles. The van der Waals surface area contributed by atoms with Crippen LogP contribution in [-0.4, -0.2) is 24.8 Å². The van der Waals surface area contributed by atoms with Gasteiger partial charge in [0.25, 0.3) is 5.91 Å². The third-order valence-electron chi connectivity index (χ3n) is 4.56. The molecule has 0 aromatic heterocycles. The highest BCUT2D eigenvalue weighted by Gasteiger charge is 2.49. The Balaban J connectivity index is 2.35. The number of aliphatic hydroxyl groups excluding tert-OH is 1. The molecule has 1 heterocycles. The highest BCUT2D eigenvalue weighted by molar-refractivity contribution is 6.84. The van der Waals surface area contributed by atoms with Crippen LogP contribution in [0.1, 0.15) is 26.3 Å². The molecule has 0 bridgehead atoms. The average molecular weight is 293 g/mol. The summed E-state index contributed by atoms with van der Waals surface area (Å²) in [6, 6.07) is 5.40. The minimum atomic E-state index is -1.94. The summed E-state index contributed by atoms with van der Waals surface area (Å²) in [5.41, 5.74) is 1.02. The SMILES string of the molecule is CC(C)(C)[Si](C)(C)C1Oc2ccc(CO)cc2NC1=O. The number of benzene rings is 1. The van der Waals surface area contributed by atoms with Crippen molar-refractivity contribution in [3.05, 3.63) is 23.8 Å². The van der Waals surface area contributed by atoms with Crippen molar-refractivity contribution in [1.82, 2.24) is 0 Å². The van der Waals surface area contributed by atoms with Gasteiger partial charge in [-0.3, -0.25) is 4.79 Å². The van der Waals surface area contributed by atoms with Crippen LogP contribution in [0.15, 0.2) is 18.2 Å². The van der Waals surface area contributed by atoms with Crippen molar-refractivity contribution in [3.63, 3.8) is 0 Å². The van der Waals surface area contributed by atoms with Crippen molar-refractivity contribution >= 4 is 19.7 Å². The molecule has 5 heteroatoms. The Morgan fingerprint density at radius 3 is 2.55 bits per heavy atom. The molecule has 1 aliphatic heterocycles. The summed E-state index contributed by atoms with van der Waals surface area (Å²) in [7, 11) is -1.94. The van der Waals surface area contributed by atoms with Gasteiger partial charge in [-0.05, 0) is 22.7 Å². The number of carbonyl (C=O) groups excluding carboxylic acids is 1. The van der Waals surface area contributed by atoms with Gasteiger partial charge in [-0.1, -0.05) is 39.9 Å². The van der Waals surface area contributed by atoms with E-state index in [-0.39, 0.29) is 17.6 Å². The van der Waals surface area contributed by atoms with Gasteiger partial charge in [-0.2, -0.15) is 0 Å². The van der Waals surface area contributed by atoms with Crippen LogP contribution in [-0.2, 0) is 11.4 Å². The Morgan fingerprint density at radius 1 is 1.35 bits per heavy atom. The summed E-state index contributed by atoms with van der Waals surface area (Å²) in [6.07, 6.45) is 0. The third-order valence-corrected chi connectivity index (χ3v) is 10.1. The Hall–Kier alpha value is -1.33. The van der Waals surface area contributed by atoms with Gasteiger partial charge >= 0.3 is 0 Å². The number of anilines is 1. The largest absolute Gasteiger partial charge is 0.482 e. The second kappa shape index (κ2) is 4.89. The smallest absolute Gasteiger partial charge is 0.261 e. The predicted octanol–water partition coefficient (Wildman–Crippen LogP) is 2.93. The van der Waals surface area contributed by atoms with Gasteiger partial charge in [0.05, 0.1) is 12.3 Å². The van der Waals surface area contributed by atoms with E-state index in [4.69, 9.17) is 9.84 Å². The number of fused-ring (bicyclic) bond motifs is 1. The van der Waals surface area contributed by atoms with Crippen LogP contribution in [0.3, 0.4) is 0 Å². The number of rotatable bonds is 2. The molecule has 0 saturated carbocycles. The maximum absolute atomic E-state index is 12.4. The van der Waals surface area contributed by atoms with Crippen LogP contribution in [0.4, 0.5) is 5.69 Å². The van der Waals surface area contributed by atoms with Crippen molar-refractivity contribution < 1.29 is 14.6 Å². The minimum Gasteiger partial charge on any atom is -0.482 e. The van der Waals surface area contributed by atoms with Crippen molar-refractivity contribution in [2.45, 2.75) is 51.2 Å².